The Morgan fingerprint density at radius 1 is 1.24 bits per heavy atom. The van der Waals surface area contributed by atoms with E-state index in [1.54, 1.807) is 39.0 Å². The first-order chi connectivity index (χ1) is 9.67. The van der Waals surface area contributed by atoms with Crippen molar-refractivity contribution < 1.29 is 14.3 Å². The van der Waals surface area contributed by atoms with Crippen LogP contribution in [0.5, 0.6) is 0 Å². The lowest BCUT2D eigenvalue weighted by Crippen LogP contribution is -2.41. The molecule has 1 aromatic rings. The molecule has 0 aliphatic carbocycles. The zero-order valence-electron chi connectivity index (χ0n) is 11.9. The topological polar surface area (TPSA) is 79.5 Å². The van der Waals surface area contributed by atoms with Gasteiger partial charge >= 0.3 is 6.09 Å². The van der Waals surface area contributed by atoms with Crippen LogP contribution in [0.4, 0.5) is 10.5 Å². The molecule has 21 heavy (non-hydrogen) atoms. The summed E-state index contributed by atoms with van der Waals surface area (Å²) in [5.41, 5.74) is 4.84. The molecule has 0 spiro atoms. The number of hydrogen-bond acceptors (Lipinski definition) is 4. The van der Waals surface area contributed by atoms with Gasteiger partial charge in [0, 0.05) is 5.02 Å². The summed E-state index contributed by atoms with van der Waals surface area (Å²) < 4.78 is 5.00. The van der Waals surface area contributed by atoms with Crippen molar-refractivity contribution in [3.8, 4) is 0 Å². The van der Waals surface area contributed by atoms with E-state index >= 15 is 0 Å². The van der Waals surface area contributed by atoms with Crippen molar-refractivity contribution in [1.29, 1.82) is 0 Å². The second kappa shape index (κ2) is 7.38. The fourth-order valence-corrected chi connectivity index (χ4v) is 1.58. The molecule has 0 atom stereocenters. The van der Waals surface area contributed by atoms with Crippen LogP contribution in [-0.4, -0.2) is 24.1 Å². The molecule has 1 rings (SSSR count). The summed E-state index contributed by atoms with van der Waals surface area (Å²) in [5.74, 6) is -0.461. The number of ether oxygens (including phenoxy) is 1. The van der Waals surface area contributed by atoms with Crippen LogP contribution in [0.15, 0.2) is 18.2 Å². The van der Waals surface area contributed by atoms with E-state index in [-0.39, 0.29) is 6.54 Å². The standard InChI is InChI=1S/C13H17Cl2N3O3/c1-13(2,3)21-12(20)16-7-11(19)18-17-10-6-8(14)4-5-9(10)15/h4-6,17H,7H2,1-3H3,(H,16,20)(H,18,19). The van der Waals surface area contributed by atoms with Gasteiger partial charge in [0.25, 0.3) is 5.91 Å². The average molecular weight is 334 g/mol. The van der Waals surface area contributed by atoms with Crippen molar-refractivity contribution >= 4 is 40.9 Å². The van der Waals surface area contributed by atoms with Crippen LogP contribution in [0.2, 0.25) is 10.0 Å². The summed E-state index contributed by atoms with van der Waals surface area (Å²) in [7, 11) is 0. The molecule has 0 radical (unpaired) electrons. The number of amides is 2. The first kappa shape index (κ1) is 17.4. The minimum absolute atomic E-state index is 0.236. The predicted octanol–water partition coefficient (Wildman–Crippen LogP) is 2.96. The molecule has 0 aliphatic heterocycles. The van der Waals surface area contributed by atoms with Crippen molar-refractivity contribution in [2.75, 3.05) is 12.0 Å². The van der Waals surface area contributed by atoms with Crippen LogP contribution in [-0.2, 0) is 9.53 Å². The molecule has 3 N–H and O–H groups in total. The van der Waals surface area contributed by atoms with Crippen LogP contribution in [0, 0.1) is 0 Å². The molecular formula is C13H17Cl2N3O3. The van der Waals surface area contributed by atoms with Crippen LogP contribution >= 0.6 is 23.2 Å². The fourth-order valence-electron chi connectivity index (χ4n) is 1.24. The maximum absolute atomic E-state index is 11.6. The number of carbonyl (C=O) groups excluding carboxylic acids is 2. The molecule has 0 saturated heterocycles. The second-order valence-corrected chi connectivity index (χ2v) is 6.00. The third-order valence-electron chi connectivity index (χ3n) is 2.06. The van der Waals surface area contributed by atoms with Crippen LogP contribution in [0.1, 0.15) is 20.8 Å². The first-order valence-corrected chi connectivity index (χ1v) is 6.90. The highest BCUT2D eigenvalue weighted by Crippen LogP contribution is 2.24. The quantitative estimate of drug-likeness (QED) is 0.740. The van der Waals surface area contributed by atoms with E-state index in [2.05, 4.69) is 16.2 Å². The highest BCUT2D eigenvalue weighted by Gasteiger charge is 2.16. The SMILES string of the molecule is CC(C)(C)OC(=O)NCC(=O)NNc1cc(Cl)ccc1Cl. The number of halogens is 2. The summed E-state index contributed by atoms with van der Waals surface area (Å²) in [6.45, 7) is 4.96. The van der Waals surface area contributed by atoms with Crippen molar-refractivity contribution in [2.24, 2.45) is 0 Å². The van der Waals surface area contributed by atoms with Gasteiger partial charge in [-0.3, -0.25) is 15.6 Å². The van der Waals surface area contributed by atoms with Crippen LogP contribution < -0.4 is 16.2 Å². The van der Waals surface area contributed by atoms with E-state index < -0.39 is 17.6 Å². The van der Waals surface area contributed by atoms with Gasteiger partial charge in [-0.15, -0.1) is 0 Å². The van der Waals surface area contributed by atoms with E-state index in [0.29, 0.717) is 15.7 Å². The molecule has 2 amide bonds. The number of anilines is 1. The molecule has 0 aliphatic rings. The summed E-state index contributed by atoms with van der Waals surface area (Å²) in [4.78, 5) is 22.9. The zero-order valence-corrected chi connectivity index (χ0v) is 13.4. The average Bonchev–Trinajstić information content (AvgIpc) is 2.35. The van der Waals surface area contributed by atoms with Crippen molar-refractivity contribution in [3.05, 3.63) is 28.2 Å². The van der Waals surface area contributed by atoms with Crippen LogP contribution in [0.25, 0.3) is 0 Å². The summed E-state index contributed by atoms with van der Waals surface area (Å²) >= 11 is 11.7. The van der Waals surface area contributed by atoms with E-state index in [1.807, 2.05) is 0 Å². The van der Waals surface area contributed by atoms with Gasteiger partial charge in [-0.1, -0.05) is 23.2 Å². The number of benzene rings is 1. The van der Waals surface area contributed by atoms with E-state index in [4.69, 9.17) is 27.9 Å². The van der Waals surface area contributed by atoms with Gasteiger partial charge in [-0.25, -0.2) is 4.79 Å². The summed E-state index contributed by atoms with van der Waals surface area (Å²) in [6.07, 6.45) is -0.668. The number of alkyl carbamates (subject to hydrolysis) is 1. The Morgan fingerprint density at radius 2 is 1.90 bits per heavy atom. The van der Waals surface area contributed by atoms with Gasteiger partial charge in [0.1, 0.15) is 12.1 Å². The Balaban J connectivity index is 2.38. The predicted molar refractivity (Wildman–Crippen MR) is 82.5 cm³/mol. The van der Waals surface area contributed by atoms with Gasteiger partial charge in [0.15, 0.2) is 0 Å². The molecule has 0 saturated carbocycles. The zero-order chi connectivity index (χ0) is 16.0. The first-order valence-electron chi connectivity index (χ1n) is 6.14. The molecular weight excluding hydrogens is 317 g/mol. The normalized spacial score (nSPS) is 10.7. The van der Waals surface area contributed by atoms with Crippen molar-refractivity contribution in [3.63, 3.8) is 0 Å². The number of nitrogens with one attached hydrogen (secondary N) is 3. The molecule has 8 heteroatoms. The smallest absolute Gasteiger partial charge is 0.408 e. The third-order valence-corrected chi connectivity index (χ3v) is 2.62. The largest absolute Gasteiger partial charge is 0.444 e. The molecule has 0 fully saturated rings. The second-order valence-electron chi connectivity index (χ2n) is 5.15. The Bertz CT molecular complexity index is 530. The number of hydrogen-bond donors (Lipinski definition) is 3. The van der Waals surface area contributed by atoms with Gasteiger partial charge in [0.2, 0.25) is 0 Å². The summed E-state index contributed by atoms with van der Waals surface area (Å²) in [5, 5.41) is 3.21. The Morgan fingerprint density at radius 3 is 2.52 bits per heavy atom. The molecule has 0 aromatic heterocycles. The Hall–Kier alpha value is -1.66. The van der Waals surface area contributed by atoms with Crippen molar-refractivity contribution in [2.45, 2.75) is 26.4 Å². The number of rotatable bonds is 4. The van der Waals surface area contributed by atoms with Gasteiger partial charge in [0.05, 0.1) is 10.7 Å². The van der Waals surface area contributed by atoms with Crippen molar-refractivity contribution in [1.82, 2.24) is 10.7 Å². The Kier molecular flexibility index (Phi) is 6.11. The molecule has 6 nitrogen and oxygen atoms in total. The maximum atomic E-state index is 11.6. The van der Waals surface area contributed by atoms with Gasteiger partial charge < -0.3 is 10.1 Å². The van der Waals surface area contributed by atoms with E-state index in [0.717, 1.165) is 0 Å². The molecule has 1 aromatic carbocycles. The number of hydrazine groups is 1. The highest BCUT2D eigenvalue weighted by molar-refractivity contribution is 6.35. The van der Waals surface area contributed by atoms with Crippen LogP contribution in [0.3, 0.4) is 0 Å². The lowest BCUT2D eigenvalue weighted by atomic mass is 10.2. The lowest BCUT2D eigenvalue weighted by molar-refractivity contribution is -0.119. The minimum Gasteiger partial charge on any atom is -0.444 e. The number of carbonyl (C=O) groups is 2. The highest BCUT2D eigenvalue weighted by atomic mass is 35.5. The van der Waals surface area contributed by atoms with E-state index in [1.165, 1.54) is 0 Å². The molecule has 116 valence electrons. The van der Waals surface area contributed by atoms with Gasteiger partial charge in [-0.2, -0.15) is 0 Å². The molecule has 0 bridgehead atoms. The molecule has 0 unspecified atom stereocenters. The maximum Gasteiger partial charge on any atom is 0.408 e. The third kappa shape index (κ3) is 7.06. The fraction of sp³-hybridized carbons (Fsp3) is 0.385. The van der Waals surface area contributed by atoms with E-state index in [9.17, 15) is 9.59 Å². The molecule has 0 heterocycles. The monoisotopic (exact) mass is 333 g/mol. The van der Waals surface area contributed by atoms with Gasteiger partial charge in [-0.05, 0) is 39.0 Å². The minimum atomic E-state index is -0.668. The Labute approximate surface area is 133 Å². The summed E-state index contributed by atoms with van der Waals surface area (Å²) in [6, 6.07) is 4.78. The lowest BCUT2D eigenvalue weighted by Gasteiger charge is -2.19.